The lowest BCUT2D eigenvalue weighted by Crippen LogP contribution is -2.22. The Morgan fingerprint density at radius 3 is 2.59 bits per heavy atom. The largest absolute Gasteiger partial charge is 0.371 e. The normalized spacial score (nSPS) is 27.5. The third kappa shape index (κ3) is 1.95. The van der Waals surface area contributed by atoms with Gasteiger partial charge < -0.3 is 10.6 Å². The van der Waals surface area contributed by atoms with Gasteiger partial charge in [0.1, 0.15) is 0 Å². The van der Waals surface area contributed by atoms with Crippen LogP contribution in [0.1, 0.15) is 30.4 Å². The molecule has 1 aromatic carbocycles. The summed E-state index contributed by atoms with van der Waals surface area (Å²) >= 11 is 0. The fourth-order valence-electron chi connectivity index (χ4n) is 3.62. The molecule has 2 N–H and O–H groups in total. The second kappa shape index (κ2) is 4.34. The van der Waals surface area contributed by atoms with Crippen LogP contribution >= 0.6 is 0 Å². The molecule has 3 rings (SSSR count). The number of rotatable bonds is 2. The monoisotopic (exact) mass is 230 g/mol. The van der Waals surface area contributed by atoms with Gasteiger partial charge in [-0.25, -0.2) is 0 Å². The fourth-order valence-corrected chi connectivity index (χ4v) is 3.62. The molecule has 17 heavy (non-hydrogen) atoms. The molecule has 1 aliphatic heterocycles. The Bertz CT molecular complexity index is 401. The van der Waals surface area contributed by atoms with Gasteiger partial charge in [-0.05, 0) is 43.2 Å². The SMILES string of the molecule is Cc1ccc(N2CC3CCCC3C2)c(CN)c1. The van der Waals surface area contributed by atoms with E-state index in [0.717, 1.165) is 11.8 Å². The van der Waals surface area contributed by atoms with Crippen LogP contribution in [0, 0.1) is 18.8 Å². The average Bonchev–Trinajstić information content (AvgIpc) is 2.89. The van der Waals surface area contributed by atoms with Crippen LogP contribution in [0.4, 0.5) is 5.69 Å². The van der Waals surface area contributed by atoms with E-state index in [9.17, 15) is 0 Å². The predicted molar refractivity (Wildman–Crippen MR) is 72.1 cm³/mol. The summed E-state index contributed by atoms with van der Waals surface area (Å²) in [5.74, 6) is 1.89. The van der Waals surface area contributed by atoms with Crippen molar-refractivity contribution in [1.82, 2.24) is 0 Å². The summed E-state index contributed by atoms with van der Waals surface area (Å²) < 4.78 is 0. The summed E-state index contributed by atoms with van der Waals surface area (Å²) in [4.78, 5) is 2.57. The van der Waals surface area contributed by atoms with Crippen molar-refractivity contribution < 1.29 is 0 Å². The van der Waals surface area contributed by atoms with Gasteiger partial charge in [-0.1, -0.05) is 24.1 Å². The van der Waals surface area contributed by atoms with Crippen LogP contribution in [-0.4, -0.2) is 13.1 Å². The van der Waals surface area contributed by atoms with Crippen molar-refractivity contribution in [3.8, 4) is 0 Å². The molecule has 0 amide bonds. The van der Waals surface area contributed by atoms with Crippen LogP contribution in [0.25, 0.3) is 0 Å². The van der Waals surface area contributed by atoms with Crippen LogP contribution < -0.4 is 10.6 Å². The number of fused-ring (bicyclic) bond motifs is 1. The molecule has 2 unspecified atom stereocenters. The zero-order valence-corrected chi connectivity index (χ0v) is 10.7. The van der Waals surface area contributed by atoms with Crippen molar-refractivity contribution in [2.75, 3.05) is 18.0 Å². The summed E-state index contributed by atoms with van der Waals surface area (Å²) in [6.07, 6.45) is 4.32. The second-order valence-corrected chi connectivity index (χ2v) is 5.69. The Balaban J connectivity index is 1.85. The van der Waals surface area contributed by atoms with Crippen LogP contribution in [0.15, 0.2) is 18.2 Å². The van der Waals surface area contributed by atoms with Crippen molar-refractivity contribution in [3.63, 3.8) is 0 Å². The molecule has 2 nitrogen and oxygen atoms in total. The van der Waals surface area contributed by atoms with E-state index in [1.54, 1.807) is 0 Å². The standard InChI is InChI=1S/C15H22N2/c1-11-5-6-15(14(7-11)8-16)17-9-12-3-2-4-13(12)10-17/h5-7,12-13H,2-4,8-10,16H2,1H3. The number of benzene rings is 1. The molecule has 1 saturated carbocycles. The Morgan fingerprint density at radius 2 is 1.94 bits per heavy atom. The second-order valence-electron chi connectivity index (χ2n) is 5.69. The summed E-state index contributed by atoms with van der Waals surface area (Å²) in [5.41, 5.74) is 9.88. The Morgan fingerprint density at radius 1 is 1.24 bits per heavy atom. The van der Waals surface area contributed by atoms with Gasteiger partial charge in [-0.2, -0.15) is 0 Å². The molecule has 2 aliphatic rings. The maximum atomic E-state index is 5.88. The molecule has 2 heteroatoms. The summed E-state index contributed by atoms with van der Waals surface area (Å²) in [6.45, 7) is 5.30. The molecule has 1 heterocycles. The lowest BCUT2D eigenvalue weighted by Gasteiger charge is -2.23. The summed E-state index contributed by atoms with van der Waals surface area (Å²) in [6, 6.07) is 6.71. The highest BCUT2D eigenvalue weighted by Gasteiger charge is 2.36. The maximum absolute atomic E-state index is 5.88. The van der Waals surface area contributed by atoms with Gasteiger partial charge in [0.15, 0.2) is 0 Å². The van der Waals surface area contributed by atoms with Crippen LogP contribution in [-0.2, 0) is 6.54 Å². The van der Waals surface area contributed by atoms with Gasteiger partial charge in [0.2, 0.25) is 0 Å². The first-order valence-corrected chi connectivity index (χ1v) is 6.82. The molecule has 0 radical (unpaired) electrons. The molecule has 1 aliphatic carbocycles. The Labute approximate surface area is 104 Å². The minimum Gasteiger partial charge on any atom is -0.371 e. The smallest absolute Gasteiger partial charge is 0.0412 e. The van der Waals surface area contributed by atoms with E-state index >= 15 is 0 Å². The minimum absolute atomic E-state index is 0.656. The van der Waals surface area contributed by atoms with Gasteiger partial charge >= 0.3 is 0 Å². The molecular weight excluding hydrogens is 208 g/mol. The molecule has 0 spiro atoms. The zero-order chi connectivity index (χ0) is 11.8. The number of nitrogens with two attached hydrogens (primary N) is 1. The highest BCUT2D eigenvalue weighted by atomic mass is 15.2. The first-order valence-electron chi connectivity index (χ1n) is 6.82. The number of anilines is 1. The summed E-state index contributed by atoms with van der Waals surface area (Å²) in [5, 5.41) is 0. The van der Waals surface area contributed by atoms with Crippen molar-refractivity contribution in [2.45, 2.75) is 32.7 Å². The number of nitrogens with zero attached hydrogens (tertiary/aromatic N) is 1. The van der Waals surface area contributed by atoms with Crippen LogP contribution in [0.2, 0.25) is 0 Å². The van der Waals surface area contributed by atoms with E-state index in [1.165, 1.54) is 49.2 Å². The molecule has 0 aromatic heterocycles. The van der Waals surface area contributed by atoms with E-state index in [-0.39, 0.29) is 0 Å². The fraction of sp³-hybridized carbons (Fsp3) is 0.600. The van der Waals surface area contributed by atoms with Crippen LogP contribution in [0.3, 0.4) is 0 Å². The van der Waals surface area contributed by atoms with E-state index in [4.69, 9.17) is 5.73 Å². The van der Waals surface area contributed by atoms with E-state index in [2.05, 4.69) is 30.0 Å². The lowest BCUT2D eigenvalue weighted by molar-refractivity contribution is 0.494. The number of hydrogen-bond donors (Lipinski definition) is 1. The lowest BCUT2D eigenvalue weighted by atomic mass is 10.0. The quantitative estimate of drug-likeness (QED) is 0.846. The topological polar surface area (TPSA) is 29.3 Å². The van der Waals surface area contributed by atoms with Gasteiger partial charge in [0.25, 0.3) is 0 Å². The highest BCUT2D eigenvalue weighted by molar-refractivity contribution is 5.56. The molecule has 0 bridgehead atoms. The third-order valence-electron chi connectivity index (χ3n) is 4.52. The van der Waals surface area contributed by atoms with Crippen molar-refractivity contribution >= 4 is 5.69 Å². The average molecular weight is 230 g/mol. The van der Waals surface area contributed by atoms with Crippen molar-refractivity contribution in [3.05, 3.63) is 29.3 Å². The van der Waals surface area contributed by atoms with Crippen molar-refractivity contribution in [2.24, 2.45) is 17.6 Å². The first-order chi connectivity index (χ1) is 8.28. The molecule has 1 aromatic rings. The zero-order valence-electron chi connectivity index (χ0n) is 10.7. The van der Waals surface area contributed by atoms with E-state index in [0.29, 0.717) is 6.54 Å². The van der Waals surface area contributed by atoms with Gasteiger partial charge in [-0.3, -0.25) is 0 Å². The van der Waals surface area contributed by atoms with Crippen LogP contribution in [0.5, 0.6) is 0 Å². The highest BCUT2D eigenvalue weighted by Crippen LogP contribution is 2.40. The predicted octanol–water partition coefficient (Wildman–Crippen LogP) is 2.69. The minimum atomic E-state index is 0.656. The molecular formula is C15H22N2. The van der Waals surface area contributed by atoms with E-state index in [1.807, 2.05) is 0 Å². The third-order valence-corrected chi connectivity index (χ3v) is 4.52. The first kappa shape index (κ1) is 11.1. The van der Waals surface area contributed by atoms with Gasteiger partial charge in [-0.15, -0.1) is 0 Å². The van der Waals surface area contributed by atoms with E-state index < -0.39 is 0 Å². The molecule has 1 saturated heterocycles. The maximum Gasteiger partial charge on any atom is 0.0412 e. The summed E-state index contributed by atoms with van der Waals surface area (Å²) in [7, 11) is 0. The molecule has 92 valence electrons. The Kier molecular flexibility index (Phi) is 2.83. The number of hydrogen-bond acceptors (Lipinski definition) is 2. The van der Waals surface area contributed by atoms with Gasteiger partial charge in [0, 0.05) is 25.3 Å². The van der Waals surface area contributed by atoms with Gasteiger partial charge in [0.05, 0.1) is 0 Å². The molecule has 2 fully saturated rings. The Hall–Kier alpha value is -1.02. The molecule has 2 atom stereocenters. The number of aryl methyl sites for hydroxylation is 1. The van der Waals surface area contributed by atoms with Crippen molar-refractivity contribution in [1.29, 1.82) is 0 Å².